The Morgan fingerprint density at radius 3 is 3.11 bits per heavy atom. The molecule has 0 amide bonds. The second-order valence-electron chi connectivity index (χ2n) is 4.70. The number of hydrogen-bond donors (Lipinski definition) is 1. The number of halogens is 1. The summed E-state index contributed by atoms with van der Waals surface area (Å²) in [6.07, 6.45) is 0. The smallest absolute Gasteiger partial charge is 0.298 e. The third kappa shape index (κ3) is 2.24. The number of ether oxygens (including phenoxy) is 1. The van der Waals surface area contributed by atoms with Gasteiger partial charge in [0, 0.05) is 31.7 Å². The van der Waals surface area contributed by atoms with Gasteiger partial charge in [0.25, 0.3) is 6.01 Å². The summed E-state index contributed by atoms with van der Waals surface area (Å²) in [4.78, 5) is 6.68. The van der Waals surface area contributed by atoms with Crippen molar-refractivity contribution >= 4 is 28.7 Å². The number of anilines is 1. The lowest BCUT2D eigenvalue weighted by atomic mass is 10.2. The monoisotopic (exact) mass is 281 g/mol. The second-order valence-corrected chi connectivity index (χ2v) is 5.10. The predicted molar refractivity (Wildman–Crippen MR) is 75.2 cm³/mol. The minimum Gasteiger partial charge on any atom is -0.495 e. The molecule has 1 atom stereocenters. The van der Waals surface area contributed by atoms with E-state index in [0.29, 0.717) is 28.4 Å². The highest BCUT2D eigenvalue weighted by Crippen LogP contribution is 2.32. The summed E-state index contributed by atoms with van der Waals surface area (Å²) in [5.41, 5.74) is 1.45. The molecule has 2 aromatic rings. The van der Waals surface area contributed by atoms with Gasteiger partial charge in [-0.1, -0.05) is 11.6 Å². The van der Waals surface area contributed by atoms with Crippen molar-refractivity contribution in [1.82, 2.24) is 10.3 Å². The first-order valence-electron chi connectivity index (χ1n) is 6.30. The summed E-state index contributed by atoms with van der Waals surface area (Å²) >= 11 is 6.10. The molecule has 1 aromatic heterocycles. The van der Waals surface area contributed by atoms with Crippen molar-refractivity contribution in [2.24, 2.45) is 0 Å². The summed E-state index contributed by atoms with van der Waals surface area (Å²) in [6, 6.07) is 4.56. The van der Waals surface area contributed by atoms with Crippen LogP contribution in [0.15, 0.2) is 16.5 Å². The Bertz CT molecular complexity index is 599. The molecule has 1 aliphatic heterocycles. The fourth-order valence-electron chi connectivity index (χ4n) is 2.32. The van der Waals surface area contributed by atoms with E-state index in [1.54, 1.807) is 19.2 Å². The number of piperazine rings is 1. The molecule has 0 unspecified atom stereocenters. The van der Waals surface area contributed by atoms with Crippen LogP contribution in [0.1, 0.15) is 6.92 Å². The molecule has 0 spiro atoms. The number of aromatic nitrogens is 1. The fraction of sp³-hybridized carbons (Fsp3) is 0.462. The number of rotatable bonds is 2. The number of nitrogens with zero attached hydrogens (tertiary/aromatic N) is 2. The fourth-order valence-corrected chi connectivity index (χ4v) is 2.56. The zero-order valence-corrected chi connectivity index (χ0v) is 11.7. The molecule has 19 heavy (non-hydrogen) atoms. The third-order valence-corrected chi connectivity index (χ3v) is 3.69. The number of hydrogen-bond acceptors (Lipinski definition) is 5. The van der Waals surface area contributed by atoms with Gasteiger partial charge in [-0.3, -0.25) is 0 Å². The maximum Gasteiger partial charge on any atom is 0.298 e. The summed E-state index contributed by atoms with van der Waals surface area (Å²) in [5, 5.41) is 3.89. The highest BCUT2D eigenvalue weighted by molar-refractivity contribution is 6.32. The summed E-state index contributed by atoms with van der Waals surface area (Å²) in [5.74, 6) is 0.602. The van der Waals surface area contributed by atoms with Gasteiger partial charge in [-0.25, -0.2) is 0 Å². The number of methoxy groups -OCH3 is 1. The molecule has 1 fully saturated rings. The van der Waals surface area contributed by atoms with E-state index in [4.69, 9.17) is 20.8 Å². The Balaban J connectivity index is 2.01. The molecule has 2 heterocycles. The van der Waals surface area contributed by atoms with E-state index in [-0.39, 0.29) is 0 Å². The lowest BCUT2D eigenvalue weighted by molar-refractivity contribution is 0.414. The van der Waals surface area contributed by atoms with Crippen LogP contribution >= 0.6 is 11.6 Å². The molecule has 6 heteroatoms. The van der Waals surface area contributed by atoms with E-state index >= 15 is 0 Å². The lowest BCUT2D eigenvalue weighted by Crippen LogP contribution is -2.50. The minimum atomic E-state index is 0.360. The van der Waals surface area contributed by atoms with E-state index in [0.717, 1.165) is 25.2 Å². The van der Waals surface area contributed by atoms with Gasteiger partial charge in [-0.15, -0.1) is 0 Å². The van der Waals surface area contributed by atoms with E-state index < -0.39 is 0 Å². The van der Waals surface area contributed by atoms with Crippen molar-refractivity contribution < 1.29 is 9.15 Å². The molecule has 3 rings (SSSR count). The van der Waals surface area contributed by atoms with Crippen LogP contribution in [0.25, 0.3) is 11.1 Å². The molecule has 1 saturated heterocycles. The van der Waals surface area contributed by atoms with Crippen molar-refractivity contribution in [2.75, 3.05) is 31.6 Å². The molecule has 5 nitrogen and oxygen atoms in total. The number of oxazole rings is 1. The first kappa shape index (κ1) is 12.6. The van der Waals surface area contributed by atoms with Crippen molar-refractivity contribution in [2.45, 2.75) is 13.0 Å². The van der Waals surface area contributed by atoms with Gasteiger partial charge in [0.15, 0.2) is 5.58 Å². The molecule has 1 aliphatic rings. The van der Waals surface area contributed by atoms with Crippen molar-refractivity contribution in [3.05, 3.63) is 17.2 Å². The van der Waals surface area contributed by atoms with Crippen LogP contribution in [0.2, 0.25) is 5.02 Å². The standard InChI is InChI=1S/C13H16ClN3O2/c1-8-7-15-3-4-17(8)13-16-10-5-9(14)11(18-2)6-12(10)19-13/h5-6,8,15H,3-4,7H2,1-2H3/t8-/m0/s1. The Morgan fingerprint density at radius 1 is 1.53 bits per heavy atom. The van der Waals surface area contributed by atoms with Gasteiger partial charge >= 0.3 is 0 Å². The minimum absolute atomic E-state index is 0.360. The van der Waals surface area contributed by atoms with Crippen molar-refractivity contribution in [1.29, 1.82) is 0 Å². The zero-order valence-electron chi connectivity index (χ0n) is 10.9. The van der Waals surface area contributed by atoms with Crippen molar-refractivity contribution in [3.8, 4) is 5.75 Å². The van der Waals surface area contributed by atoms with Crippen LogP contribution in [0, 0.1) is 0 Å². The lowest BCUT2D eigenvalue weighted by Gasteiger charge is -2.32. The van der Waals surface area contributed by atoms with E-state index in [2.05, 4.69) is 22.1 Å². The number of nitrogens with one attached hydrogen (secondary N) is 1. The largest absolute Gasteiger partial charge is 0.495 e. The Morgan fingerprint density at radius 2 is 2.37 bits per heavy atom. The molecule has 1 aromatic carbocycles. The average Bonchev–Trinajstić information content (AvgIpc) is 2.80. The number of benzene rings is 1. The highest BCUT2D eigenvalue weighted by Gasteiger charge is 2.23. The molecule has 0 saturated carbocycles. The molecular formula is C13H16ClN3O2. The van der Waals surface area contributed by atoms with Crippen molar-refractivity contribution in [3.63, 3.8) is 0 Å². The third-order valence-electron chi connectivity index (χ3n) is 3.40. The van der Waals surface area contributed by atoms with Gasteiger partial charge in [-0.05, 0) is 13.0 Å². The highest BCUT2D eigenvalue weighted by atomic mass is 35.5. The van der Waals surface area contributed by atoms with Crippen LogP contribution in [-0.4, -0.2) is 37.8 Å². The molecule has 102 valence electrons. The van der Waals surface area contributed by atoms with E-state index in [9.17, 15) is 0 Å². The SMILES string of the molecule is COc1cc2oc(N3CCNC[C@@H]3C)nc2cc1Cl. The maximum absolute atomic E-state index is 6.10. The van der Waals surface area contributed by atoms with Gasteiger partial charge in [0.1, 0.15) is 11.3 Å². The molecule has 0 aliphatic carbocycles. The van der Waals surface area contributed by atoms with Gasteiger partial charge < -0.3 is 19.4 Å². The average molecular weight is 282 g/mol. The summed E-state index contributed by atoms with van der Waals surface area (Å²) in [6.45, 7) is 4.91. The van der Waals surface area contributed by atoms with Crippen LogP contribution in [0.5, 0.6) is 5.75 Å². The quantitative estimate of drug-likeness (QED) is 0.915. The van der Waals surface area contributed by atoms with Crippen LogP contribution in [0.3, 0.4) is 0 Å². The topological polar surface area (TPSA) is 50.5 Å². The first-order valence-corrected chi connectivity index (χ1v) is 6.68. The van der Waals surface area contributed by atoms with Crippen LogP contribution in [0.4, 0.5) is 6.01 Å². The Kier molecular flexibility index (Phi) is 3.24. The van der Waals surface area contributed by atoms with E-state index in [1.807, 2.05) is 0 Å². The van der Waals surface area contributed by atoms with Gasteiger partial charge in [0.05, 0.1) is 12.1 Å². The second kappa shape index (κ2) is 4.90. The van der Waals surface area contributed by atoms with Crippen LogP contribution < -0.4 is 15.0 Å². The number of fused-ring (bicyclic) bond motifs is 1. The van der Waals surface area contributed by atoms with Gasteiger partial charge in [0.2, 0.25) is 0 Å². The summed E-state index contributed by atoms with van der Waals surface area (Å²) < 4.78 is 11.0. The molecule has 1 N–H and O–H groups in total. The molecule has 0 bridgehead atoms. The normalized spacial score (nSPS) is 19.9. The Labute approximate surface area is 116 Å². The Hall–Kier alpha value is -1.46. The molecular weight excluding hydrogens is 266 g/mol. The summed E-state index contributed by atoms with van der Waals surface area (Å²) in [7, 11) is 1.59. The van der Waals surface area contributed by atoms with Gasteiger partial charge in [-0.2, -0.15) is 4.98 Å². The first-order chi connectivity index (χ1) is 9.19. The zero-order chi connectivity index (χ0) is 13.4. The maximum atomic E-state index is 6.10. The van der Waals surface area contributed by atoms with E-state index in [1.165, 1.54) is 0 Å². The molecule has 0 radical (unpaired) electrons. The predicted octanol–water partition coefficient (Wildman–Crippen LogP) is 2.29. The van der Waals surface area contributed by atoms with Crippen LogP contribution in [-0.2, 0) is 0 Å².